The van der Waals surface area contributed by atoms with E-state index < -0.39 is 118 Å². The van der Waals surface area contributed by atoms with Crippen LogP contribution in [0.2, 0.25) is 0 Å². The van der Waals surface area contributed by atoms with Crippen LogP contribution in [0.5, 0.6) is 0 Å². The van der Waals surface area contributed by atoms with Gasteiger partial charge in [-0.05, 0) is 6.92 Å². The molecule has 16 heteroatoms. The SMILES string of the molecule is C[C@@H]1OC(C(=O)O)[C@@H](OC[C@@H]2OC(CO)[C@@H](O[C@H]3OC(CO)[C@@H](O)C(O)C3O)C(O)C2O)C(O)C1O. The molecule has 0 radical (unpaired) electrons. The maximum absolute atomic E-state index is 11.5. The molecule has 0 aromatic heterocycles. The van der Waals surface area contributed by atoms with Crippen LogP contribution in [-0.2, 0) is 28.5 Å². The standard InChI is InChI=1S/C20H34O16/c1-5-9(23)13(27)17(18(33-5)19(30)31)32-4-8-11(25)14(28)16(7(3-22)34-8)36-20-15(29)12(26)10(24)6(2-21)35-20/h5-18,20-29H,2-4H2,1H3,(H,30,31)/t5-,6?,7?,8-,9?,10+,11?,12?,13?,14?,15?,16+,17-,18?,20+/m0/s1. The van der Waals surface area contributed by atoms with Gasteiger partial charge in [0, 0.05) is 0 Å². The van der Waals surface area contributed by atoms with E-state index >= 15 is 0 Å². The Morgan fingerprint density at radius 1 is 0.694 bits per heavy atom. The minimum atomic E-state index is -1.82. The van der Waals surface area contributed by atoms with Gasteiger partial charge in [-0.25, -0.2) is 4.79 Å². The largest absolute Gasteiger partial charge is 0.479 e. The highest BCUT2D eigenvalue weighted by atomic mass is 16.7. The molecule has 3 saturated heterocycles. The Morgan fingerprint density at radius 3 is 1.86 bits per heavy atom. The number of hydrogen-bond donors (Lipinski definition) is 10. The van der Waals surface area contributed by atoms with E-state index in [1.807, 2.05) is 0 Å². The summed E-state index contributed by atoms with van der Waals surface area (Å²) in [5.41, 5.74) is 0. The number of carboxylic acid groups (broad SMARTS) is 1. The summed E-state index contributed by atoms with van der Waals surface area (Å²) in [5.74, 6) is -1.47. The molecule has 9 unspecified atom stereocenters. The van der Waals surface area contributed by atoms with Crippen molar-refractivity contribution >= 4 is 5.97 Å². The minimum Gasteiger partial charge on any atom is -0.479 e. The number of aliphatic hydroxyl groups is 9. The van der Waals surface area contributed by atoms with E-state index in [9.17, 15) is 55.9 Å². The molecule has 3 fully saturated rings. The van der Waals surface area contributed by atoms with Crippen molar-refractivity contribution in [1.82, 2.24) is 0 Å². The fraction of sp³-hybridized carbons (Fsp3) is 0.950. The van der Waals surface area contributed by atoms with Crippen LogP contribution in [0.3, 0.4) is 0 Å². The summed E-state index contributed by atoms with van der Waals surface area (Å²) in [5, 5.41) is 99.9. The molecule has 10 N–H and O–H groups in total. The van der Waals surface area contributed by atoms with Crippen LogP contribution in [-0.4, -0.2) is 169 Å². The lowest BCUT2D eigenvalue weighted by atomic mass is 9.93. The molecule has 0 spiro atoms. The van der Waals surface area contributed by atoms with Gasteiger partial charge in [-0.3, -0.25) is 0 Å². The maximum Gasteiger partial charge on any atom is 0.335 e. The Kier molecular flexibility index (Phi) is 9.97. The lowest BCUT2D eigenvalue weighted by Gasteiger charge is -2.46. The first-order valence-corrected chi connectivity index (χ1v) is 11.4. The van der Waals surface area contributed by atoms with E-state index in [2.05, 4.69) is 0 Å². The molecule has 3 aliphatic heterocycles. The van der Waals surface area contributed by atoms with Gasteiger partial charge >= 0.3 is 5.97 Å². The number of hydrogen-bond acceptors (Lipinski definition) is 15. The number of carbonyl (C=O) groups is 1. The van der Waals surface area contributed by atoms with Crippen molar-refractivity contribution in [2.45, 2.75) is 98.7 Å². The Balaban J connectivity index is 1.67. The van der Waals surface area contributed by atoms with Crippen LogP contribution in [0.4, 0.5) is 0 Å². The smallest absolute Gasteiger partial charge is 0.335 e. The second-order valence-corrected chi connectivity index (χ2v) is 9.05. The summed E-state index contributed by atoms with van der Waals surface area (Å²) in [6.07, 6.45) is -23.4. The van der Waals surface area contributed by atoms with E-state index in [0.717, 1.165) is 0 Å². The third-order valence-corrected chi connectivity index (χ3v) is 6.63. The summed E-state index contributed by atoms with van der Waals surface area (Å²) in [6.45, 7) is -0.740. The molecule has 0 aromatic carbocycles. The Labute approximate surface area is 204 Å². The lowest BCUT2D eigenvalue weighted by Crippen LogP contribution is -2.65. The van der Waals surface area contributed by atoms with Crippen LogP contribution in [0.25, 0.3) is 0 Å². The first-order chi connectivity index (χ1) is 16.9. The number of ether oxygens (including phenoxy) is 5. The predicted octanol–water partition coefficient (Wildman–Crippen LogP) is -6.37. The molecule has 0 aromatic rings. The summed E-state index contributed by atoms with van der Waals surface area (Å²) in [6, 6.07) is 0. The topological polar surface area (TPSA) is 266 Å². The zero-order chi connectivity index (χ0) is 26.9. The monoisotopic (exact) mass is 530 g/mol. The second kappa shape index (κ2) is 12.2. The third kappa shape index (κ3) is 5.82. The van der Waals surface area contributed by atoms with E-state index in [1.165, 1.54) is 6.92 Å². The van der Waals surface area contributed by atoms with Gasteiger partial charge in [-0.1, -0.05) is 0 Å². The molecule has 36 heavy (non-hydrogen) atoms. The molecule has 3 rings (SSSR count). The minimum absolute atomic E-state index is 0.600. The average molecular weight is 530 g/mol. The van der Waals surface area contributed by atoms with Gasteiger partial charge in [0.05, 0.1) is 25.9 Å². The Bertz CT molecular complexity index is 722. The van der Waals surface area contributed by atoms with Gasteiger partial charge in [-0.2, -0.15) is 0 Å². The van der Waals surface area contributed by atoms with Gasteiger partial charge in [0.1, 0.15) is 73.2 Å². The molecular formula is C20H34O16. The van der Waals surface area contributed by atoms with Crippen molar-refractivity contribution in [3.63, 3.8) is 0 Å². The lowest BCUT2D eigenvalue weighted by molar-refractivity contribution is -0.344. The maximum atomic E-state index is 11.5. The Hall–Kier alpha value is -1.09. The van der Waals surface area contributed by atoms with Gasteiger partial charge in [-0.15, -0.1) is 0 Å². The molecule has 0 saturated carbocycles. The zero-order valence-electron chi connectivity index (χ0n) is 19.2. The van der Waals surface area contributed by atoms with Crippen molar-refractivity contribution in [2.24, 2.45) is 0 Å². The van der Waals surface area contributed by atoms with Crippen LogP contribution >= 0.6 is 0 Å². The molecule has 15 atom stereocenters. The van der Waals surface area contributed by atoms with Crippen LogP contribution < -0.4 is 0 Å². The molecular weight excluding hydrogens is 496 g/mol. The quantitative estimate of drug-likeness (QED) is 0.140. The highest BCUT2D eigenvalue weighted by Gasteiger charge is 2.52. The van der Waals surface area contributed by atoms with Gasteiger partial charge in [0.15, 0.2) is 12.4 Å². The van der Waals surface area contributed by atoms with Crippen LogP contribution in [0.15, 0.2) is 0 Å². The average Bonchev–Trinajstić information content (AvgIpc) is 2.85. The van der Waals surface area contributed by atoms with Crippen molar-refractivity contribution < 1.29 is 79.5 Å². The second-order valence-electron chi connectivity index (χ2n) is 9.05. The highest BCUT2D eigenvalue weighted by Crippen LogP contribution is 2.30. The predicted molar refractivity (Wildman–Crippen MR) is 110 cm³/mol. The van der Waals surface area contributed by atoms with Crippen molar-refractivity contribution in [3.05, 3.63) is 0 Å². The van der Waals surface area contributed by atoms with E-state index in [1.54, 1.807) is 0 Å². The molecule has 210 valence electrons. The molecule has 0 amide bonds. The number of aliphatic hydroxyl groups excluding tert-OH is 9. The van der Waals surface area contributed by atoms with Crippen LogP contribution in [0, 0.1) is 0 Å². The number of aliphatic carboxylic acids is 1. The molecule has 0 bridgehead atoms. The summed E-state index contributed by atoms with van der Waals surface area (Å²) in [7, 11) is 0. The molecule has 0 aliphatic carbocycles. The summed E-state index contributed by atoms with van der Waals surface area (Å²) in [4.78, 5) is 11.5. The molecule has 3 heterocycles. The zero-order valence-corrected chi connectivity index (χ0v) is 19.2. The van der Waals surface area contributed by atoms with Crippen LogP contribution in [0.1, 0.15) is 6.92 Å². The van der Waals surface area contributed by atoms with Crippen molar-refractivity contribution in [1.29, 1.82) is 0 Å². The number of rotatable bonds is 8. The van der Waals surface area contributed by atoms with E-state index in [4.69, 9.17) is 23.7 Å². The summed E-state index contributed by atoms with van der Waals surface area (Å²) >= 11 is 0. The van der Waals surface area contributed by atoms with Gasteiger partial charge in [0.25, 0.3) is 0 Å². The fourth-order valence-electron chi connectivity index (χ4n) is 4.44. The van der Waals surface area contributed by atoms with E-state index in [0.29, 0.717) is 0 Å². The third-order valence-electron chi connectivity index (χ3n) is 6.63. The van der Waals surface area contributed by atoms with Crippen molar-refractivity contribution in [3.8, 4) is 0 Å². The fourth-order valence-corrected chi connectivity index (χ4v) is 4.44. The number of carboxylic acids is 1. The molecule has 3 aliphatic rings. The van der Waals surface area contributed by atoms with Gasteiger partial charge in [0.2, 0.25) is 0 Å². The normalized spacial score (nSPS) is 50.1. The molecule has 16 nitrogen and oxygen atoms in total. The first kappa shape index (κ1) is 29.5. The highest BCUT2D eigenvalue weighted by molar-refractivity contribution is 5.73. The van der Waals surface area contributed by atoms with E-state index in [-0.39, 0.29) is 0 Å². The summed E-state index contributed by atoms with van der Waals surface area (Å²) < 4.78 is 26.8. The first-order valence-electron chi connectivity index (χ1n) is 11.4. The van der Waals surface area contributed by atoms with Crippen molar-refractivity contribution in [2.75, 3.05) is 19.8 Å². The van der Waals surface area contributed by atoms with Gasteiger partial charge < -0.3 is 74.7 Å². The Morgan fingerprint density at radius 2 is 1.28 bits per heavy atom.